The molecule has 2 aromatic rings. The molecule has 2 rings (SSSR count). The Morgan fingerprint density at radius 2 is 1.79 bits per heavy atom. The van der Waals surface area contributed by atoms with E-state index in [1.54, 1.807) is 12.1 Å². The van der Waals surface area contributed by atoms with Gasteiger partial charge in [0.2, 0.25) is 0 Å². The number of aryl methyl sites for hydroxylation is 2. The molecule has 0 radical (unpaired) electrons. The van der Waals surface area contributed by atoms with E-state index in [2.05, 4.69) is 6.07 Å². The summed E-state index contributed by atoms with van der Waals surface area (Å²) >= 11 is 6.03. The summed E-state index contributed by atoms with van der Waals surface area (Å²) in [7, 11) is 0. The van der Waals surface area contributed by atoms with E-state index in [-0.39, 0.29) is 11.9 Å². The molecular formula is C16H17ClFN. The highest BCUT2D eigenvalue weighted by molar-refractivity contribution is 6.31. The Morgan fingerprint density at radius 1 is 1.16 bits per heavy atom. The Morgan fingerprint density at radius 3 is 2.37 bits per heavy atom. The largest absolute Gasteiger partial charge is 0.324 e. The van der Waals surface area contributed by atoms with Crippen LogP contribution in [0.25, 0.3) is 0 Å². The van der Waals surface area contributed by atoms with Crippen LogP contribution in [0.15, 0.2) is 36.4 Å². The van der Waals surface area contributed by atoms with E-state index in [4.69, 9.17) is 17.3 Å². The lowest BCUT2D eigenvalue weighted by atomic mass is 9.96. The van der Waals surface area contributed by atoms with Gasteiger partial charge in [-0.05, 0) is 38.0 Å². The van der Waals surface area contributed by atoms with Crippen LogP contribution < -0.4 is 5.73 Å². The summed E-state index contributed by atoms with van der Waals surface area (Å²) in [5.41, 5.74) is 9.99. The fourth-order valence-electron chi connectivity index (χ4n) is 2.29. The predicted octanol–water partition coefficient (Wildman–Crippen LogP) is 4.34. The summed E-state index contributed by atoms with van der Waals surface area (Å²) < 4.78 is 13.7. The van der Waals surface area contributed by atoms with Gasteiger partial charge in [0.1, 0.15) is 5.82 Å². The second kappa shape index (κ2) is 5.72. The first kappa shape index (κ1) is 14.0. The van der Waals surface area contributed by atoms with Crippen LogP contribution in [0.2, 0.25) is 5.02 Å². The number of nitrogens with two attached hydrogens (primary N) is 1. The monoisotopic (exact) mass is 277 g/mol. The van der Waals surface area contributed by atoms with Crippen LogP contribution in [0.3, 0.4) is 0 Å². The lowest BCUT2D eigenvalue weighted by Gasteiger charge is -2.15. The van der Waals surface area contributed by atoms with Crippen LogP contribution in [-0.2, 0) is 6.42 Å². The zero-order valence-corrected chi connectivity index (χ0v) is 11.8. The van der Waals surface area contributed by atoms with Crippen molar-refractivity contribution in [2.24, 2.45) is 5.73 Å². The molecule has 3 heteroatoms. The molecule has 1 atom stereocenters. The second-order valence-electron chi connectivity index (χ2n) is 4.93. The summed E-state index contributed by atoms with van der Waals surface area (Å²) in [6.45, 7) is 4.05. The van der Waals surface area contributed by atoms with E-state index >= 15 is 0 Å². The van der Waals surface area contributed by atoms with Crippen molar-refractivity contribution in [2.75, 3.05) is 0 Å². The molecule has 19 heavy (non-hydrogen) atoms. The third-order valence-electron chi connectivity index (χ3n) is 3.16. The van der Waals surface area contributed by atoms with Gasteiger partial charge in [-0.15, -0.1) is 0 Å². The molecule has 0 bridgehead atoms. The van der Waals surface area contributed by atoms with Crippen molar-refractivity contribution >= 4 is 11.6 Å². The van der Waals surface area contributed by atoms with Crippen LogP contribution >= 0.6 is 11.6 Å². The molecule has 0 amide bonds. The molecule has 0 aliphatic rings. The van der Waals surface area contributed by atoms with Gasteiger partial charge in [0.05, 0.1) is 0 Å². The fourth-order valence-corrected chi connectivity index (χ4v) is 2.53. The van der Waals surface area contributed by atoms with Crippen LogP contribution in [0.5, 0.6) is 0 Å². The Hall–Kier alpha value is -1.38. The lowest BCUT2D eigenvalue weighted by Crippen LogP contribution is -2.15. The van der Waals surface area contributed by atoms with Gasteiger partial charge in [0.15, 0.2) is 0 Å². The van der Waals surface area contributed by atoms with Gasteiger partial charge < -0.3 is 5.73 Å². The Balaban J connectivity index is 2.28. The molecule has 0 heterocycles. The average Bonchev–Trinajstić information content (AvgIpc) is 2.32. The topological polar surface area (TPSA) is 26.0 Å². The molecule has 0 aromatic heterocycles. The maximum absolute atomic E-state index is 13.7. The van der Waals surface area contributed by atoms with E-state index in [0.29, 0.717) is 17.0 Å². The van der Waals surface area contributed by atoms with Crippen molar-refractivity contribution in [3.63, 3.8) is 0 Å². The summed E-state index contributed by atoms with van der Waals surface area (Å²) in [4.78, 5) is 0. The van der Waals surface area contributed by atoms with Crippen LogP contribution in [0, 0.1) is 19.7 Å². The van der Waals surface area contributed by atoms with Crippen molar-refractivity contribution in [1.29, 1.82) is 0 Å². The highest BCUT2D eigenvalue weighted by Gasteiger charge is 2.13. The lowest BCUT2D eigenvalue weighted by molar-refractivity contribution is 0.593. The smallest absolute Gasteiger partial charge is 0.127 e. The maximum atomic E-state index is 13.7. The van der Waals surface area contributed by atoms with E-state index in [9.17, 15) is 4.39 Å². The maximum Gasteiger partial charge on any atom is 0.127 e. The van der Waals surface area contributed by atoms with Gasteiger partial charge in [0, 0.05) is 16.6 Å². The van der Waals surface area contributed by atoms with Crippen molar-refractivity contribution < 1.29 is 4.39 Å². The van der Waals surface area contributed by atoms with Gasteiger partial charge in [-0.2, -0.15) is 0 Å². The SMILES string of the molecule is Cc1cc(C)cc(C(N)Cc2c(F)cccc2Cl)c1. The molecular weight excluding hydrogens is 261 g/mol. The van der Waals surface area contributed by atoms with E-state index < -0.39 is 0 Å². The van der Waals surface area contributed by atoms with Crippen LogP contribution in [0.1, 0.15) is 28.3 Å². The zero-order chi connectivity index (χ0) is 14.0. The molecule has 0 aliphatic heterocycles. The number of halogens is 2. The number of hydrogen-bond acceptors (Lipinski definition) is 1. The fraction of sp³-hybridized carbons (Fsp3) is 0.250. The minimum atomic E-state index is -0.299. The van der Waals surface area contributed by atoms with E-state index in [0.717, 1.165) is 16.7 Å². The van der Waals surface area contributed by atoms with Crippen LogP contribution in [0.4, 0.5) is 4.39 Å². The minimum absolute atomic E-state index is 0.256. The number of hydrogen-bond donors (Lipinski definition) is 1. The second-order valence-corrected chi connectivity index (χ2v) is 5.34. The summed E-state index contributed by atoms with van der Waals surface area (Å²) in [5.74, 6) is -0.299. The van der Waals surface area contributed by atoms with Crippen molar-refractivity contribution in [3.8, 4) is 0 Å². The summed E-state index contributed by atoms with van der Waals surface area (Å²) in [6.07, 6.45) is 0.397. The molecule has 0 aliphatic carbocycles. The van der Waals surface area contributed by atoms with Crippen LogP contribution in [-0.4, -0.2) is 0 Å². The average molecular weight is 278 g/mol. The minimum Gasteiger partial charge on any atom is -0.324 e. The van der Waals surface area contributed by atoms with Gasteiger partial charge in [-0.25, -0.2) is 4.39 Å². The van der Waals surface area contributed by atoms with Gasteiger partial charge in [0.25, 0.3) is 0 Å². The number of benzene rings is 2. The molecule has 100 valence electrons. The molecule has 0 fully saturated rings. The van der Waals surface area contributed by atoms with Gasteiger partial charge in [-0.3, -0.25) is 0 Å². The Kier molecular flexibility index (Phi) is 4.23. The third-order valence-corrected chi connectivity index (χ3v) is 3.51. The van der Waals surface area contributed by atoms with Gasteiger partial charge in [-0.1, -0.05) is 47.0 Å². The quantitative estimate of drug-likeness (QED) is 0.887. The molecule has 2 aromatic carbocycles. The highest BCUT2D eigenvalue weighted by atomic mass is 35.5. The molecule has 0 saturated heterocycles. The van der Waals surface area contributed by atoms with Crippen molar-refractivity contribution in [3.05, 3.63) is 69.5 Å². The first-order chi connectivity index (χ1) is 8.97. The number of rotatable bonds is 3. The normalized spacial score (nSPS) is 12.5. The Bertz CT molecular complexity index is 555. The zero-order valence-electron chi connectivity index (χ0n) is 11.1. The van der Waals surface area contributed by atoms with Gasteiger partial charge >= 0.3 is 0 Å². The highest BCUT2D eigenvalue weighted by Crippen LogP contribution is 2.25. The first-order valence-corrected chi connectivity index (χ1v) is 6.62. The molecule has 1 unspecified atom stereocenters. The first-order valence-electron chi connectivity index (χ1n) is 6.24. The predicted molar refractivity (Wildman–Crippen MR) is 78.0 cm³/mol. The molecule has 2 N–H and O–H groups in total. The van der Waals surface area contributed by atoms with E-state index in [1.807, 2.05) is 26.0 Å². The molecule has 0 spiro atoms. The Labute approximate surface area is 118 Å². The standard InChI is InChI=1S/C16H17ClFN/c1-10-6-11(2)8-12(7-10)16(19)9-13-14(17)4-3-5-15(13)18/h3-8,16H,9,19H2,1-2H3. The molecule has 0 saturated carbocycles. The molecule has 1 nitrogen and oxygen atoms in total. The van der Waals surface area contributed by atoms with E-state index in [1.165, 1.54) is 6.07 Å². The summed E-state index contributed by atoms with van der Waals surface area (Å²) in [6, 6.07) is 10.6. The third kappa shape index (κ3) is 3.34. The van der Waals surface area contributed by atoms with Crippen molar-refractivity contribution in [2.45, 2.75) is 26.3 Å². The van der Waals surface area contributed by atoms with Crippen molar-refractivity contribution in [1.82, 2.24) is 0 Å². The summed E-state index contributed by atoms with van der Waals surface area (Å²) in [5, 5.41) is 0.430.